The van der Waals surface area contributed by atoms with Crippen molar-refractivity contribution < 1.29 is 27.9 Å². The lowest BCUT2D eigenvalue weighted by Crippen LogP contribution is -2.49. The lowest BCUT2D eigenvalue weighted by molar-refractivity contribution is -0.142. The molecular weight excluding hydrogens is 355 g/mol. The number of hydrogen-bond donors (Lipinski definition) is 1. The van der Waals surface area contributed by atoms with Crippen LogP contribution in [-0.4, -0.2) is 46.0 Å². The molecule has 2 rings (SSSR count). The molecule has 1 amide bonds. The molecule has 1 aliphatic heterocycles. The molecule has 1 saturated heterocycles. The van der Waals surface area contributed by atoms with Gasteiger partial charge in [-0.25, -0.2) is 0 Å². The first kappa shape index (κ1) is 19.6. The van der Waals surface area contributed by atoms with Gasteiger partial charge in [-0.2, -0.15) is 24.9 Å². The van der Waals surface area contributed by atoms with E-state index in [0.29, 0.717) is 17.9 Å². The first-order valence-electron chi connectivity index (χ1n) is 7.94. The summed E-state index contributed by atoms with van der Waals surface area (Å²) in [6, 6.07) is 4.60. The van der Waals surface area contributed by atoms with Crippen molar-refractivity contribution >= 4 is 23.6 Å². The van der Waals surface area contributed by atoms with Crippen LogP contribution in [0.5, 0.6) is 0 Å². The fraction of sp³-hybridized carbons (Fsp3) is 0.529. The van der Waals surface area contributed by atoms with Crippen molar-refractivity contribution in [2.75, 3.05) is 18.1 Å². The van der Waals surface area contributed by atoms with Gasteiger partial charge in [0.1, 0.15) is 0 Å². The molecule has 0 saturated carbocycles. The van der Waals surface area contributed by atoms with E-state index in [4.69, 9.17) is 5.11 Å². The average Bonchev–Trinajstić information content (AvgIpc) is 2.53. The van der Waals surface area contributed by atoms with Crippen LogP contribution < -0.4 is 0 Å². The van der Waals surface area contributed by atoms with Gasteiger partial charge in [0.25, 0.3) is 0 Å². The van der Waals surface area contributed by atoms with Crippen LogP contribution in [-0.2, 0) is 22.2 Å². The fourth-order valence-electron chi connectivity index (χ4n) is 2.91. The maximum atomic E-state index is 12.8. The molecule has 0 spiro atoms. The van der Waals surface area contributed by atoms with Crippen LogP contribution in [0.25, 0.3) is 0 Å². The van der Waals surface area contributed by atoms with Gasteiger partial charge in [-0.15, -0.1) is 0 Å². The van der Waals surface area contributed by atoms with Crippen molar-refractivity contribution in [2.24, 2.45) is 5.92 Å². The number of nitrogens with zero attached hydrogens (tertiary/aromatic N) is 1. The minimum absolute atomic E-state index is 0.116. The molecule has 1 aliphatic rings. The Morgan fingerprint density at radius 2 is 2.12 bits per heavy atom. The topological polar surface area (TPSA) is 57.6 Å². The molecule has 0 aromatic heterocycles. The molecule has 1 aromatic rings. The zero-order valence-corrected chi connectivity index (χ0v) is 14.6. The monoisotopic (exact) mass is 375 g/mol. The third-order valence-electron chi connectivity index (χ3n) is 4.14. The highest BCUT2D eigenvalue weighted by molar-refractivity contribution is 7.99. The minimum Gasteiger partial charge on any atom is -0.481 e. The summed E-state index contributed by atoms with van der Waals surface area (Å²) in [6.45, 7) is 2.14. The predicted molar refractivity (Wildman–Crippen MR) is 89.4 cm³/mol. The molecule has 4 nitrogen and oxygen atoms in total. The summed E-state index contributed by atoms with van der Waals surface area (Å²) in [5, 5.41) is 8.99. The molecular formula is C17H20F3NO3S. The Hall–Kier alpha value is -1.70. The highest BCUT2D eigenvalue weighted by Gasteiger charge is 2.33. The molecule has 0 aliphatic carbocycles. The van der Waals surface area contributed by atoms with Gasteiger partial charge >= 0.3 is 12.1 Å². The van der Waals surface area contributed by atoms with Crippen LogP contribution >= 0.6 is 11.8 Å². The number of alkyl halides is 3. The van der Waals surface area contributed by atoms with Crippen LogP contribution in [0.1, 0.15) is 24.5 Å². The third-order valence-corrected chi connectivity index (χ3v) is 5.23. The summed E-state index contributed by atoms with van der Waals surface area (Å²) >= 11 is 1.60. The van der Waals surface area contributed by atoms with Gasteiger partial charge in [0, 0.05) is 24.0 Å². The normalized spacial score (nSPS) is 19.5. The third kappa shape index (κ3) is 5.39. The van der Waals surface area contributed by atoms with Crippen LogP contribution in [0.2, 0.25) is 0 Å². The molecule has 1 aromatic carbocycles. The smallest absolute Gasteiger partial charge is 0.416 e. The van der Waals surface area contributed by atoms with E-state index in [1.54, 1.807) is 29.7 Å². The van der Waals surface area contributed by atoms with Gasteiger partial charge in [0.05, 0.1) is 18.0 Å². The van der Waals surface area contributed by atoms with Gasteiger partial charge in [0.2, 0.25) is 5.91 Å². The Labute approximate surface area is 148 Å². The summed E-state index contributed by atoms with van der Waals surface area (Å²) < 4.78 is 38.4. The van der Waals surface area contributed by atoms with Gasteiger partial charge in [-0.05, 0) is 18.1 Å². The largest absolute Gasteiger partial charge is 0.481 e. The molecule has 0 radical (unpaired) electrons. The molecule has 0 bridgehead atoms. The van der Waals surface area contributed by atoms with E-state index in [9.17, 15) is 22.8 Å². The van der Waals surface area contributed by atoms with E-state index >= 15 is 0 Å². The lowest BCUT2D eigenvalue weighted by atomic mass is 9.97. The molecule has 1 N–H and O–H groups in total. The van der Waals surface area contributed by atoms with Crippen LogP contribution in [0.3, 0.4) is 0 Å². The van der Waals surface area contributed by atoms with Gasteiger partial charge in [-0.3, -0.25) is 9.59 Å². The number of hydrogen-bond acceptors (Lipinski definition) is 3. The second-order valence-electron chi connectivity index (χ2n) is 6.16. The molecule has 2 unspecified atom stereocenters. The predicted octanol–water partition coefficient (Wildman–Crippen LogP) is 3.30. The average molecular weight is 375 g/mol. The Kier molecular flexibility index (Phi) is 6.37. The first-order chi connectivity index (χ1) is 11.7. The molecule has 1 heterocycles. The number of carbonyl (C=O) groups excluding carboxylic acids is 1. The fourth-order valence-corrected chi connectivity index (χ4v) is 3.98. The van der Waals surface area contributed by atoms with E-state index < -0.39 is 23.6 Å². The van der Waals surface area contributed by atoms with E-state index in [2.05, 4.69) is 0 Å². The van der Waals surface area contributed by atoms with Crippen molar-refractivity contribution in [3.63, 3.8) is 0 Å². The summed E-state index contributed by atoms with van der Waals surface area (Å²) in [5.74, 6) is -0.380. The Bertz CT molecular complexity index is 636. The van der Waals surface area contributed by atoms with Crippen LogP contribution in [0.15, 0.2) is 24.3 Å². The number of carboxylic acids is 1. The number of rotatable bonds is 5. The van der Waals surface area contributed by atoms with Crippen LogP contribution in [0.4, 0.5) is 13.2 Å². The number of amides is 1. The maximum Gasteiger partial charge on any atom is 0.416 e. The Morgan fingerprint density at radius 3 is 2.76 bits per heavy atom. The molecule has 138 valence electrons. The van der Waals surface area contributed by atoms with Crippen molar-refractivity contribution in [1.29, 1.82) is 0 Å². The minimum atomic E-state index is -4.42. The van der Waals surface area contributed by atoms with E-state index in [-0.39, 0.29) is 24.8 Å². The highest BCUT2D eigenvalue weighted by atomic mass is 32.2. The van der Waals surface area contributed by atoms with Crippen LogP contribution in [0, 0.1) is 5.92 Å². The first-order valence-corrected chi connectivity index (χ1v) is 9.10. The second-order valence-corrected chi connectivity index (χ2v) is 7.31. The molecule has 8 heteroatoms. The Morgan fingerprint density at radius 1 is 1.40 bits per heavy atom. The van der Waals surface area contributed by atoms with Gasteiger partial charge in [-0.1, -0.05) is 25.1 Å². The number of thioether (sulfide) groups is 1. The molecule has 25 heavy (non-hydrogen) atoms. The number of aliphatic carboxylic acids is 1. The number of benzene rings is 1. The van der Waals surface area contributed by atoms with Crippen molar-refractivity contribution in [2.45, 2.75) is 32.0 Å². The van der Waals surface area contributed by atoms with E-state index in [1.165, 1.54) is 6.07 Å². The maximum absolute atomic E-state index is 12.8. The molecule has 1 fully saturated rings. The highest BCUT2D eigenvalue weighted by Crippen LogP contribution is 2.30. The zero-order chi connectivity index (χ0) is 18.6. The summed E-state index contributed by atoms with van der Waals surface area (Å²) in [4.78, 5) is 25.2. The number of carbonyl (C=O) groups is 2. The van der Waals surface area contributed by atoms with Crippen molar-refractivity contribution in [3.05, 3.63) is 35.4 Å². The van der Waals surface area contributed by atoms with E-state index in [1.807, 2.05) is 0 Å². The quantitative estimate of drug-likeness (QED) is 0.858. The Balaban J connectivity index is 2.07. The van der Waals surface area contributed by atoms with Crippen molar-refractivity contribution in [3.8, 4) is 0 Å². The summed E-state index contributed by atoms with van der Waals surface area (Å²) in [7, 11) is 0. The SMILES string of the molecule is CC(Cc1cccc(C(F)(F)F)c1)C(=O)N1CCSCC1CC(=O)O. The van der Waals surface area contributed by atoms with Crippen molar-refractivity contribution in [1.82, 2.24) is 4.90 Å². The standard InChI is InChI=1S/C17H20F3NO3S/c1-11(7-12-3-2-4-13(8-12)17(18,19)20)16(24)21-5-6-25-10-14(21)9-15(22)23/h2-4,8,11,14H,5-7,9-10H2,1H3,(H,22,23). The number of carboxylic acid groups (broad SMARTS) is 1. The summed E-state index contributed by atoms with van der Waals surface area (Å²) in [5.41, 5.74) is -0.292. The lowest BCUT2D eigenvalue weighted by Gasteiger charge is -2.36. The zero-order valence-electron chi connectivity index (χ0n) is 13.8. The summed E-state index contributed by atoms with van der Waals surface area (Å²) in [6.07, 6.45) is -4.35. The second kappa shape index (κ2) is 8.12. The van der Waals surface area contributed by atoms with E-state index in [0.717, 1.165) is 17.9 Å². The van der Waals surface area contributed by atoms with Gasteiger partial charge < -0.3 is 10.0 Å². The van der Waals surface area contributed by atoms with Gasteiger partial charge in [0.15, 0.2) is 0 Å². The molecule has 2 atom stereocenters. The number of halogens is 3.